The van der Waals surface area contributed by atoms with Crippen LogP contribution in [0.3, 0.4) is 0 Å². The summed E-state index contributed by atoms with van der Waals surface area (Å²) < 4.78 is 36.1. The standard InChI is InChI=1S/C35H48N4O6S/c1-4-25(26-12-14-27(15-13-26)34(40)38-19-7-9-28(24-38)35(41)44-5-2)23-32-36-18-16-33(37-32)39-20-17-29-30(39)10-6-11-31(29)45-21-8-22-46(3,42)43/h6,10-11,16-18,20,25-28H,4-5,7-9,12-15,19,21-24H2,1-3H3. The maximum Gasteiger partial charge on any atom is 0.310 e. The molecule has 2 aromatic heterocycles. The molecule has 3 heterocycles. The van der Waals surface area contributed by atoms with Gasteiger partial charge in [0.2, 0.25) is 5.91 Å². The van der Waals surface area contributed by atoms with Gasteiger partial charge in [-0.2, -0.15) is 0 Å². The highest BCUT2D eigenvalue weighted by atomic mass is 32.2. The number of ether oxygens (including phenoxy) is 2. The highest BCUT2D eigenvalue weighted by Gasteiger charge is 2.35. The number of rotatable bonds is 13. The van der Waals surface area contributed by atoms with E-state index in [1.807, 2.05) is 59.1 Å². The number of benzene rings is 1. The summed E-state index contributed by atoms with van der Waals surface area (Å²) in [5.41, 5.74) is 0.961. The van der Waals surface area contributed by atoms with E-state index in [2.05, 4.69) is 11.9 Å². The van der Waals surface area contributed by atoms with Crippen molar-refractivity contribution in [1.82, 2.24) is 19.4 Å². The first-order chi connectivity index (χ1) is 22.2. The first kappa shape index (κ1) is 33.9. The molecular weight excluding hydrogens is 604 g/mol. The number of carbonyl (C=O) groups excluding carboxylic acids is 2. The molecule has 250 valence electrons. The third kappa shape index (κ3) is 8.46. The van der Waals surface area contributed by atoms with Crippen LogP contribution in [0.2, 0.25) is 0 Å². The molecule has 5 rings (SSSR count). The third-order valence-corrected chi connectivity index (χ3v) is 10.7. The predicted molar refractivity (Wildman–Crippen MR) is 178 cm³/mol. The summed E-state index contributed by atoms with van der Waals surface area (Å²) in [5.74, 6) is 3.24. The monoisotopic (exact) mass is 652 g/mol. The van der Waals surface area contributed by atoms with Crippen molar-refractivity contribution in [2.45, 2.75) is 71.6 Å². The molecule has 1 amide bonds. The van der Waals surface area contributed by atoms with Crippen LogP contribution in [0.4, 0.5) is 0 Å². The largest absolute Gasteiger partial charge is 0.493 e. The van der Waals surface area contributed by atoms with E-state index in [4.69, 9.17) is 14.5 Å². The molecule has 2 unspecified atom stereocenters. The molecule has 2 atom stereocenters. The summed E-state index contributed by atoms with van der Waals surface area (Å²) in [4.78, 5) is 37.2. The minimum absolute atomic E-state index is 0.0323. The number of likely N-dealkylation sites (tertiary alicyclic amines) is 1. The smallest absolute Gasteiger partial charge is 0.310 e. The van der Waals surface area contributed by atoms with Crippen molar-refractivity contribution < 1.29 is 27.5 Å². The molecule has 0 spiro atoms. The Morgan fingerprint density at radius 3 is 2.59 bits per heavy atom. The number of nitrogens with zero attached hydrogens (tertiary/aromatic N) is 4. The SMILES string of the molecule is CCOC(=O)C1CCCN(C(=O)C2CCC(C(CC)Cc3nccc(-n4ccc5c(OCCCS(C)(=O)=O)cccc54)n3)CC2)C1. The van der Waals surface area contributed by atoms with E-state index in [0.29, 0.717) is 38.0 Å². The molecule has 1 aliphatic carbocycles. The van der Waals surface area contributed by atoms with Crippen LogP contribution in [0.1, 0.15) is 71.0 Å². The number of fused-ring (bicyclic) bond motifs is 1. The van der Waals surface area contributed by atoms with Crippen LogP contribution in [0.15, 0.2) is 42.7 Å². The van der Waals surface area contributed by atoms with Gasteiger partial charge in [0.1, 0.15) is 27.2 Å². The lowest BCUT2D eigenvalue weighted by molar-refractivity contribution is -0.152. The molecular formula is C35H48N4O6S. The zero-order valence-electron chi connectivity index (χ0n) is 27.4. The fraction of sp³-hybridized carbons (Fsp3) is 0.600. The highest BCUT2D eigenvalue weighted by Crippen LogP contribution is 2.37. The van der Waals surface area contributed by atoms with Crippen LogP contribution in [-0.4, -0.2) is 78.0 Å². The second-order valence-corrected chi connectivity index (χ2v) is 15.2. The van der Waals surface area contributed by atoms with E-state index >= 15 is 0 Å². The van der Waals surface area contributed by atoms with Gasteiger partial charge < -0.3 is 18.9 Å². The number of sulfone groups is 1. The normalized spacial score (nSPS) is 21.2. The van der Waals surface area contributed by atoms with Crippen molar-refractivity contribution in [2.75, 3.05) is 38.3 Å². The molecule has 46 heavy (non-hydrogen) atoms. The maximum atomic E-state index is 13.4. The summed E-state index contributed by atoms with van der Waals surface area (Å²) in [6, 6.07) is 9.77. The highest BCUT2D eigenvalue weighted by molar-refractivity contribution is 7.90. The van der Waals surface area contributed by atoms with E-state index in [0.717, 1.165) is 86.2 Å². The number of hydrogen-bond acceptors (Lipinski definition) is 8. The lowest BCUT2D eigenvalue weighted by Gasteiger charge is -2.37. The Labute approximate surface area is 272 Å². The van der Waals surface area contributed by atoms with Gasteiger partial charge in [-0.1, -0.05) is 19.4 Å². The number of hydrogen-bond donors (Lipinski definition) is 0. The summed E-state index contributed by atoms with van der Waals surface area (Å²) >= 11 is 0. The summed E-state index contributed by atoms with van der Waals surface area (Å²) in [6.07, 6.45) is 12.7. The van der Waals surface area contributed by atoms with E-state index in [1.165, 1.54) is 6.26 Å². The summed E-state index contributed by atoms with van der Waals surface area (Å²) in [6.45, 7) is 5.97. The van der Waals surface area contributed by atoms with E-state index in [9.17, 15) is 18.0 Å². The summed E-state index contributed by atoms with van der Waals surface area (Å²) in [7, 11) is -3.02. The molecule has 10 nitrogen and oxygen atoms in total. The Morgan fingerprint density at radius 2 is 1.85 bits per heavy atom. The molecule has 0 N–H and O–H groups in total. The van der Waals surface area contributed by atoms with Gasteiger partial charge in [0.15, 0.2) is 0 Å². The van der Waals surface area contributed by atoms with Crippen LogP contribution in [-0.2, 0) is 30.6 Å². The fourth-order valence-corrected chi connectivity index (χ4v) is 7.84. The quantitative estimate of drug-likeness (QED) is 0.178. The minimum Gasteiger partial charge on any atom is -0.493 e. The Morgan fingerprint density at radius 1 is 1.04 bits per heavy atom. The van der Waals surface area contributed by atoms with E-state index < -0.39 is 9.84 Å². The van der Waals surface area contributed by atoms with Crippen LogP contribution >= 0.6 is 0 Å². The van der Waals surface area contributed by atoms with Gasteiger partial charge in [-0.05, 0) is 88.0 Å². The number of carbonyl (C=O) groups is 2. The maximum absolute atomic E-state index is 13.4. The number of aromatic nitrogens is 3. The molecule has 11 heteroatoms. The van der Waals surface area contributed by atoms with Crippen molar-refractivity contribution in [2.24, 2.45) is 23.7 Å². The van der Waals surface area contributed by atoms with Crippen molar-refractivity contribution >= 4 is 32.6 Å². The van der Waals surface area contributed by atoms with Crippen molar-refractivity contribution in [1.29, 1.82) is 0 Å². The van der Waals surface area contributed by atoms with Gasteiger partial charge in [-0.25, -0.2) is 18.4 Å². The van der Waals surface area contributed by atoms with E-state index in [1.54, 1.807) is 0 Å². The van der Waals surface area contributed by atoms with Crippen LogP contribution < -0.4 is 4.74 Å². The molecule has 1 aromatic carbocycles. The molecule has 1 saturated heterocycles. The first-order valence-electron chi connectivity index (χ1n) is 16.8. The van der Waals surface area contributed by atoms with Gasteiger partial charge in [0.25, 0.3) is 0 Å². The van der Waals surface area contributed by atoms with Crippen LogP contribution in [0.5, 0.6) is 5.75 Å². The van der Waals surface area contributed by atoms with Crippen molar-refractivity contribution in [3.8, 4) is 11.6 Å². The molecule has 3 aromatic rings. The zero-order chi connectivity index (χ0) is 32.7. The van der Waals surface area contributed by atoms with Gasteiger partial charge in [-0.15, -0.1) is 0 Å². The molecule has 0 radical (unpaired) electrons. The predicted octanol–water partition coefficient (Wildman–Crippen LogP) is 5.41. The minimum atomic E-state index is -3.02. The lowest BCUT2D eigenvalue weighted by Crippen LogP contribution is -2.46. The third-order valence-electron chi connectivity index (χ3n) is 9.66. The fourth-order valence-electron chi connectivity index (χ4n) is 7.19. The number of amides is 1. The number of esters is 1. The Bertz CT molecular complexity index is 1600. The Kier molecular flexibility index (Phi) is 11.4. The topological polar surface area (TPSA) is 121 Å². The zero-order valence-corrected chi connectivity index (χ0v) is 28.2. The van der Waals surface area contributed by atoms with Gasteiger partial charge in [0, 0.05) is 49.5 Å². The van der Waals surface area contributed by atoms with Gasteiger partial charge in [-0.3, -0.25) is 9.59 Å². The lowest BCUT2D eigenvalue weighted by atomic mass is 9.73. The summed E-state index contributed by atoms with van der Waals surface area (Å²) in [5, 5.41) is 0.945. The second-order valence-electron chi connectivity index (χ2n) is 12.9. The van der Waals surface area contributed by atoms with Gasteiger partial charge in [0.05, 0.1) is 30.4 Å². The molecule has 1 saturated carbocycles. The van der Waals surface area contributed by atoms with Crippen molar-refractivity contribution in [3.63, 3.8) is 0 Å². The number of piperidine rings is 1. The molecule has 2 fully saturated rings. The van der Waals surface area contributed by atoms with Crippen LogP contribution in [0.25, 0.3) is 16.7 Å². The molecule has 1 aliphatic heterocycles. The van der Waals surface area contributed by atoms with Crippen LogP contribution in [0, 0.1) is 23.7 Å². The van der Waals surface area contributed by atoms with Gasteiger partial charge >= 0.3 is 5.97 Å². The van der Waals surface area contributed by atoms with Crippen molar-refractivity contribution in [3.05, 3.63) is 48.5 Å². The Balaban J connectivity index is 1.18. The Hall–Kier alpha value is -3.47. The second kappa shape index (κ2) is 15.4. The molecule has 2 aliphatic rings. The first-order valence-corrected chi connectivity index (χ1v) is 18.9. The average Bonchev–Trinajstić information content (AvgIpc) is 3.50. The average molecular weight is 653 g/mol. The van der Waals surface area contributed by atoms with E-state index in [-0.39, 0.29) is 29.5 Å². The molecule has 0 bridgehead atoms.